The fourth-order valence-electron chi connectivity index (χ4n) is 4.46. The van der Waals surface area contributed by atoms with Crippen molar-refractivity contribution >= 4 is 5.78 Å². The van der Waals surface area contributed by atoms with Crippen LogP contribution in [-0.2, 0) is 4.79 Å². The van der Waals surface area contributed by atoms with E-state index in [0.717, 1.165) is 16.9 Å². The Morgan fingerprint density at radius 1 is 1.11 bits per heavy atom. The maximum absolute atomic E-state index is 12.9. The van der Waals surface area contributed by atoms with Gasteiger partial charge in [0, 0.05) is 30.4 Å². The summed E-state index contributed by atoms with van der Waals surface area (Å²) in [5.41, 5.74) is 1.76. The van der Waals surface area contributed by atoms with E-state index in [-0.39, 0.29) is 18.5 Å². The highest BCUT2D eigenvalue weighted by atomic mass is 16.7. The fourth-order valence-corrected chi connectivity index (χ4v) is 4.46. The first-order chi connectivity index (χ1) is 13.1. The molecule has 140 valence electrons. The van der Waals surface area contributed by atoms with Gasteiger partial charge >= 0.3 is 0 Å². The monoisotopic (exact) mass is 368 g/mol. The van der Waals surface area contributed by atoms with Crippen LogP contribution in [0.5, 0.6) is 23.0 Å². The Balaban J connectivity index is 1.70. The topological polar surface area (TPSA) is 74.2 Å². The van der Waals surface area contributed by atoms with Gasteiger partial charge in [0.1, 0.15) is 17.3 Å². The number of carbonyl (C=O) groups excluding carboxylic acids is 1. The van der Waals surface area contributed by atoms with Crippen molar-refractivity contribution in [3.05, 3.63) is 47.5 Å². The van der Waals surface area contributed by atoms with E-state index in [4.69, 9.17) is 18.9 Å². The molecule has 2 aromatic carbocycles. The quantitative estimate of drug-likeness (QED) is 0.878. The first-order valence-electron chi connectivity index (χ1n) is 9.11. The number of benzene rings is 2. The molecule has 5 rings (SSSR count). The largest absolute Gasteiger partial charge is 0.497 e. The van der Waals surface area contributed by atoms with Crippen LogP contribution in [0.15, 0.2) is 36.4 Å². The molecule has 0 bridgehead atoms. The van der Waals surface area contributed by atoms with Crippen molar-refractivity contribution in [3.63, 3.8) is 0 Å². The van der Waals surface area contributed by atoms with E-state index in [1.165, 1.54) is 0 Å². The molecule has 1 saturated carbocycles. The van der Waals surface area contributed by atoms with Crippen molar-refractivity contribution in [2.24, 2.45) is 5.92 Å². The van der Waals surface area contributed by atoms with E-state index in [1.807, 2.05) is 30.3 Å². The highest BCUT2D eigenvalue weighted by Gasteiger charge is 2.55. The molecule has 0 saturated heterocycles. The minimum Gasteiger partial charge on any atom is -0.497 e. The first-order valence-corrected chi connectivity index (χ1v) is 9.11. The summed E-state index contributed by atoms with van der Waals surface area (Å²) >= 11 is 0. The lowest BCUT2D eigenvalue weighted by Crippen LogP contribution is -2.55. The van der Waals surface area contributed by atoms with Crippen LogP contribution in [0.2, 0.25) is 0 Å². The maximum Gasteiger partial charge on any atom is 0.231 e. The molecule has 1 aliphatic carbocycles. The molecule has 6 nitrogen and oxygen atoms in total. The van der Waals surface area contributed by atoms with Gasteiger partial charge in [0.05, 0.1) is 13.0 Å². The zero-order valence-corrected chi connectivity index (χ0v) is 14.9. The molecule has 2 heterocycles. The number of carbonyl (C=O) groups is 1. The molecule has 0 unspecified atom stereocenters. The third-order valence-electron chi connectivity index (χ3n) is 5.73. The van der Waals surface area contributed by atoms with Gasteiger partial charge in [0.15, 0.2) is 11.5 Å². The molecule has 27 heavy (non-hydrogen) atoms. The molecule has 2 aromatic rings. The second-order valence-corrected chi connectivity index (χ2v) is 7.24. The molecular weight excluding hydrogens is 348 g/mol. The van der Waals surface area contributed by atoms with Crippen LogP contribution < -0.4 is 18.9 Å². The molecule has 6 heteroatoms. The van der Waals surface area contributed by atoms with E-state index in [1.54, 1.807) is 13.2 Å². The molecule has 0 radical (unpaired) electrons. The van der Waals surface area contributed by atoms with Gasteiger partial charge < -0.3 is 24.1 Å². The normalized spacial score (nSPS) is 28.1. The number of hydrogen-bond donors (Lipinski definition) is 1. The molecule has 3 atom stereocenters. The van der Waals surface area contributed by atoms with Gasteiger partial charge in [-0.25, -0.2) is 0 Å². The second kappa shape index (κ2) is 5.89. The van der Waals surface area contributed by atoms with E-state index >= 15 is 0 Å². The third-order valence-corrected chi connectivity index (χ3v) is 5.73. The zero-order valence-electron chi connectivity index (χ0n) is 14.9. The van der Waals surface area contributed by atoms with Gasteiger partial charge in [-0.05, 0) is 30.2 Å². The standard InChI is InChI=1S/C21H20O6/c1-24-13-6-4-12(5-7-13)19-14-9-17-18(26-11-25-17)10-16(14)27-21(23)8-2-3-15(22)20(19)21/h4-7,9-10,19-20,23H,2-3,8,11H2,1H3/t19-,20+,21-/m1/s1. The van der Waals surface area contributed by atoms with Crippen molar-refractivity contribution in [2.75, 3.05) is 13.9 Å². The summed E-state index contributed by atoms with van der Waals surface area (Å²) in [6.45, 7) is 0.151. The van der Waals surface area contributed by atoms with Crippen molar-refractivity contribution in [2.45, 2.75) is 31.0 Å². The Bertz CT molecular complexity index is 906. The number of fused-ring (bicyclic) bond motifs is 3. The van der Waals surface area contributed by atoms with E-state index in [2.05, 4.69) is 0 Å². The van der Waals surface area contributed by atoms with Crippen LogP contribution in [0.1, 0.15) is 36.3 Å². The number of Topliss-reactive ketones (excluding diaryl/α,β-unsaturated/α-hetero) is 1. The van der Waals surface area contributed by atoms with Crippen molar-refractivity contribution in [1.82, 2.24) is 0 Å². The predicted molar refractivity (Wildman–Crippen MR) is 95.3 cm³/mol. The Morgan fingerprint density at radius 2 is 1.85 bits per heavy atom. The van der Waals surface area contributed by atoms with Crippen LogP contribution in [0, 0.1) is 5.92 Å². The lowest BCUT2D eigenvalue weighted by molar-refractivity contribution is -0.206. The lowest BCUT2D eigenvalue weighted by atomic mass is 9.67. The minimum atomic E-state index is -1.51. The van der Waals surface area contributed by atoms with Gasteiger partial charge in [0.2, 0.25) is 12.6 Å². The van der Waals surface area contributed by atoms with Crippen LogP contribution in [0.4, 0.5) is 0 Å². The molecular formula is C21H20O6. The Kier molecular flexibility index (Phi) is 3.59. The zero-order chi connectivity index (χ0) is 18.6. The Morgan fingerprint density at radius 3 is 2.59 bits per heavy atom. The SMILES string of the molecule is COc1ccc([C@@H]2c3cc4c(cc3O[C@]3(O)CCCC(=O)[C@@H]23)OCO4)cc1. The molecule has 3 aliphatic rings. The number of aliphatic hydroxyl groups is 1. The fraction of sp³-hybridized carbons (Fsp3) is 0.381. The van der Waals surface area contributed by atoms with Gasteiger partial charge in [-0.15, -0.1) is 0 Å². The number of methoxy groups -OCH3 is 1. The van der Waals surface area contributed by atoms with Crippen molar-refractivity contribution in [1.29, 1.82) is 0 Å². The highest BCUT2D eigenvalue weighted by Crippen LogP contribution is 2.54. The number of rotatable bonds is 2. The van der Waals surface area contributed by atoms with Gasteiger partial charge in [-0.3, -0.25) is 4.79 Å². The van der Waals surface area contributed by atoms with E-state index in [9.17, 15) is 9.90 Å². The van der Waals surface area contributed by atoms with Gasteiger partial charge in [0.25, 0.3) is 0 Å². The molecule has 0 amide bonds. The van der Waals surface area contributed by atoms with Crippen LogP contribution in [-0.4, -0.2) is 30.6 Å². The van der Waals surface area contributed by atoms with Crippen molar-refractivity contribution < 1.29 is 28.8 Å². The minimum absolute atomic E-state index is 0.0212. The number of hydrogen-bond acceptors (Lipinski definition) is 6. The number of ketones is 1. The summed E-state index contributed by atoms with van der Waals surface area (Å²) in [6, 6.07) is 11.2. The van der Waals surface area contributed by atoms with Gasteiger partial charge in [-0.1, -0.05) is 12.1 Å². The summed E-state index contributed by atoms with van der Waals surface area (Å²) in [5, 5.41) is 11.2. The lowest BCUT2D eigenvalue weighted by Gasteiger charge is -2.47. The summed E-state index contributed by atoms with van der Waals surface area (Å²) in [5.74, 6) is 0.0134. The van der Waals surface area contributed by atoms with Gasteiger partial charge in [-0.2, -0.15) is 0 Å². The Labute approximate surface area is 156 Å². The average molecular weight is 368 g/mol. The summed E-state index contributed by atoms with van der Waals surface area (Å²) in [4.78, 5) is 12.9. The number of ether oxygens (including phenoxy) is 4. The smallest absolute Gasteiger partial charge is 0.231 e. The highest BCUT2D eigenvalue weighted by molar-refractivity contribution is 5.85. The Hall–Kier alpha value is -2.73. The molecule has 0 aromatic heterocycles. The van der Waals surface area contributed by atoms with Crippen molar-refractivity contribution in [3.8, 4) is 23.0 Å². The molecule has 2 aliphatic heterocycles. The molecule has 1 N–H and O–H groups in total. The summed E-state index contributed by atoms with van der Waals surface area (Å²) in [6.07, 6.45) is 1.48. The molecule has 1 fully saturated rings. The van der Waals surface area contributed by atoms with Crippen LogP contribution in [0.3, 0.4) is 0 Å². The third kappa shape index (κ3) is 2.47. The van der Waals surface area contributed by atoms with Crippen LogP contribution >= 0.6 is 0 Å². The van der Waals surface area contributed by atoms with E-state index < -0.39 is 11.7 Å². The summed E-state index contributed by atoms with van der Waals surface area (Å²) < 4.78 is 22.2. The summed E-state index contributed by atoms with van der Waals surface area (Å²) in [7, 11) is 1.61. The predicted octanol–water partition coefficient (Wildman–Crippen LogP) is 3.01. The molecule has 0 spiro atoms. The van der Waals surface area contributed by atoms with Crippen LogP contribution in [0.25, 0.3) is 0 Å². The average Bonchev–Trinajstić information content (AvgIpc) is 3.12. The maximum atomic E-state index is 12.9. The second-order valence-electron chi connectivity index (χ2n) is 7.24. The first kappa shape index (κ1) is 16.4. The van der Waals surface area contributed by atoms with E-state index in [0.29, 0.717) is 36.5 Å².